The molecule has 3 rings (SSSR count). The fraction of sp³-hybridized carbons (Fsp3) is 0.385. The van der Waals surface area contributed by atoms with Crippen LogP contribution in [-0.2, 0) is 13.1 Å². The molecule has 1 aromatic heterocycles. The lowest BCUT2D eigenvalue weighted by atomic mass is 10.1. The minimum Gasteiger partial charge on any atom is -0.382 e. The lowest BCUT2D eigenvalue weighted by Gasteiger charge is -2.22. The van der Waals surface area contributed by atoms with Gasteiger partial charge in [-0.05, 0) is 55.2 Å². The van der Waals surface area contributed by atoms with Gasteiger partial charge in [0, 0.05) is 25.7 Å². The monoisotopic (exact) mass is 519 g/mol. The van der Waals surface area contributed by atoms with Gasteiger partial charge in [0.25, 0.3) is 0 Å². The van der Waals surface area contributed by atoms with Crippen LogP contribution in [0.25, 0.3) is 0 Å². The second-order valence-electron chi connectivity index (χ2n) is 8.38. The number of rotatable bonds is 11. The van der Waals surface area contributed by atoms with Gasteiger partial charge >= 0.3 is 0 Å². The Balaban J connectivity index is 0.00000408. The van der Waals surface area contributed by atoms with Crippen molar-refractivity contribution in [2.75, 3.05) is 11.9 Å². The molecule has 0 aliphatic carbocycles. The van der Waals surface area contributed by atoms with E-state index in [2.05, 4.69) is 47.0 Å². The number of hydrogen-bond acceptors (Lipinski definition) is 4. The van der Waals surface area contributed by atoms with Crippen molar-refractivity contribution < 1.29 is 0 Å². The Kier molecular flexibility index (Phi) is 11.2. The second-order valence-corrected chi connectivity index (χ2v) is 9.15. The Morgan fingerprint density at radius 3 is 2.53 bits per heavy atom. The minimum absolute atomic E-state index is 0. The Morgan fingerprint density at radius 2 is 1.85 bits per heavy atom. The van der Waals surface area contributed by atoms with Crippen molar-refractivity contribution in [1.82, 2.24) is 14.9 Å². The predicted octanol–water partition coefficient (Wildman–Crippen LogP) is 6.91. The topological polar surface area (TPSA) is 65.7 Å². The molecule has 0 aliphatic heterocycles. The summed E-state index contributed by atoms with van der Waals surface area (Å²) < 4.78 is 2.06. The Morgan fingerprint density at radius 1 is 1.12 bits per heavy atom. The van der Waals surface area contributed by atoms with Crippen molar-refractivity contribution in [2.24, 2.45) is 0 Å². The number of aryl methyl sites for hydroxylation is 1. The van der Waals surface area contributed by atoms with E-state index in [0.717, 1.165) is 47.8 Å². The first kappa shape index (κ1) is 28.0. The molecule has 0 amide bonds. The number of benzene rings is 2. The van der Waals surface area contributed by atoms with Gasteiger partial charge in [0.2, 0.25) is 0 Å². The number of hydrogen-bond donors (Lipinski definition) is 2. The fourth-order valence-electron chi connectivity index (χ4n) is 3.77. The van der Waals surface area contributed by atoms with Crippen LogP contribution in [0, 0.1) is 25.2 Å². The average Bonchev–Trinajstić information content (AvgIpc) is 3.17. The highest BCUT2D eigenvalue weighted by Crippen LogP contribution is 2.28. The summed E-state index contributed by atoms with van der Waals surface area (Å²) in [6.45, 7) is 8.44. The molecule has 0 fully saturated rings. The van der Waals surface area contributed by atoms with Gasteiger partial charge in [0.1, 0.15) is 0 Å². The van der Waals surface area contributed by atoms with Crippen LogP contribution in [0.5, 0.6) is 0 Å². The third-order valence-corrected chi connectivity index (χ3v) is 6.64. The number of aromatic nitrogens is 2. The largest absolute Gasteiger partial charge is 0.382 e. The first-order chi connectivity index (χ1) is 15.9. The van der Waals surface area contributed by atoms with Crippen LogP contribution in [0.2, 0.25) is 10.2 Å². The zero-order chi connectivity index (χ0) is 23.8. The van der Waals surface area contributed by atoms with E-state index in [9.17, 15) is 0 Å². The van der Waals surface area contributed by atoms with Crippen LogP contribution in [-0.4, -0.2) is 22.1 Å². The first-order valence-electron chi connectivity index (χ1n) is 11.3. The molecule has 1 heterocycles. The molecule has 8 heteroatoms. The molecule has 182 valence electrons. The molecule has 0 saturated heterocycles. The van der Waals surface area contributed by atoms with Crippen molar-refractivity contribution in [2.45, 2.75) is 59.2 Å². The number of halogens is 3. The van der Waals surface area contributed by atoms with E-state index < -0.39 is 0 Å². The summed E-state index contributed by atoms with van der Waals surface area (Å²) in [7, 11) is 0. The first-order valence-corrected chi connectivity index (χ1v) is 12.1. The van der Waals surface area contributed by atoms with E-state index in [1.165, 1.54) is 11.1 Å². The van der Waals surface area contributed by atoms with Gasteiger partial charge in [-0.15, -0.1) is 12.4 Å². The summed E-state index contributed by atoms with van der Waals surface area (Å²) >= 11 is 12.9. The molecule has 0 aliphatic rings. The van der Waals surface area contributed by atoms with Gasteiger partial charge in [-0.3, -0.25) is 0 Å². The number of nitrogens with zero attached hydrogens (tertiary/aromatic N) is 3. The molecule has 0 spiro atoms. The summed E-state index contributed by atoms with van der Waals surface area (Å²) in [6, 6.07) is 14.0. The predicted molar refractivity (Wildman–Crippen MR) is 144 cm³/mol. The molecule has 5 nitrogen and oxygen atoms in total. The molecule has 0 unspecified atom stereocenters. The number of imidazole rings is 1. The molecule has 2 aromatic carbocycles. The molecule has 3 aromatic rings. The normalized spacial score (nSPS) is 11.5. The summed E-state index contributed by atoms with van der Waals surface area (Å²) in [6.07, 6.45) is 5.10. The molecule has 0 saturated carbocycles. The van der Waals surface area contributed by atoms with Crippen molar-refractivity contribution in [1.29, 1.82) is 5.26 Å². The van der Waals surface area contributed by atoms with Crippen LogP contribution in [0.15, 0.2) is 42.7 Å². The van der Waals surface area contributed by atoms with Gasteiger partial charge in [0.15, 0.2) is 5.15 Å². The maximum atomic E-state index is 9.01. The number of nitrogens with one attached hydrogen (secondary N) is 2. The Bertz CT molecular complexity index is 1100. The SMILES string of the molecule is CCCC[C@@H](CNc1c(Cl)ccc(C)c1C)NCc1c(Cl)ncn1Cc1ccc(C#N)cc1.Cl. The Labute approximate surface area is 218 Å². The van der Waals surface area contributed by atoms with Crippen molar-refractivity contribution in [3.8, 4) is 6.07 Å². The molecule has 0 bridgehead atoms. The van der Waals surface area contributed by atoms with Crippen LogP contribution in [0.3, 0.4) is 0 Å². The maximum Gasteiger partial charge on any atom is 0.151 e. The summed E-state index contributed by atoms with van der Waals surface area (Å²) in [5, 5.41) is 17.5. The van der Waals surface area contributed by atoms with Crippen molar-refractivity contribution in [3.05, 3.63) is 80.8 Å². The summed E-state index contributed by atoms with van der Waals surface area (Å²) in [4.78, 5) is 4.32. The zero-order valence-corrected chi connectivity index (χ0v) is 22.2. The van der Waals surface area contributed by atoms with E-state index in [1.54, 1.807) is 6.33 Å². The van der Waals surface area contributed by atoms with Crippen molar-refractivity contribution in [3.63, 3.8) is 0 Å². The standard InChI is InChI=1S/C26H31Cl2N5.ClH/c1-4-5-6-22(14-31-25-19(3)18(2)7-12-23(25)27)30-15-24-26(28)32-17-33(24)16-21-10-8-20(13-29)9-11-21;/h7-12,17,22,30-31H,4-6,14-16H2,1-3H3;1H/t22-;/m0./s1. The molecule has 2 N–H and O–H groups in total. The van der Waals surface area contributed by atoms with E-state index in [4.69, 9.17) is 28.5 Å². The van der Waals surface area contributed by atoms with E-state index >= 15 is 0 Å². The molecular formula is C26H32Cl3N5. The third-order valence-electron chi connectivity index (χ3n) is 6.01. The summed E-state index contributed by atoms with van der Waals surface area (Å²) in [5.74, 6) is 0. The fourth-order valence-corrected chi connectivity index (χ4v) is 4.26. The highest BCUT2D eigenvalue weighted by molar-refractivity contribution is 6.33. The number of unbranched alkanes of at least 4 members (excludes halogenated alkanes) is 1. The molecular weight excluding hydrogens is 489 g/mol. The van der Waals surface area contributed by atoms with Gasteiger partial charge in [-0.25, -0.2) is 4.98 Å². The van der Waals surface area contributed by atoms with Crippen molar-refractivity contribution >= 4 is 41.3 Å². The average molecular weight is 521 g/mol. The van der Waals surface area contributed by atoms with E-state index in [1.807, 2.05) is 36.4 Å². The Hall–Kier alpha value is -2.23. The molecule has 34 heavy (non-hydrogen) atoms. The number of nitriles is 1. The van der Waals surface area contributed by atoms with Crippen LogP contribution in [0.4, 0.5) is 5.69 Å². The van der Waals surface area contributed by atoms with Gasteiger partial charge in [-0.2, -0.15) is 5.26 Å². The summed E-state index contributed by atoms with van der Waals surface area (Å²) in [5.41, 5.74) is 6.10. The van der Waals surface area contributed by atoms with Crippen LogP contribution >= 0.6 is 35.6 Å². The molecule has 1 atom stereocenters. The van der Waals surface area contributed by atoms with Gasteiger partial charge in [-0.1, -0.05) is 61.2 Å². The smallest absolute Gasteiger partial charge is 0.151 e. The minimum atomic E-state index is 0. The highest BCUT2D eigenvalue weighted by Gasteiger charge is 2.15. The van der Waals surface area contributed by atoms with E-state index in [-0.39, 0.29) is 18.4 Å². The maximum absolute atomic E-state index is 9.01. The lowest BCUT2D eigenvalue weighted by Crippen LogP contribution is -2.36. The quantitative estimate of drug-likeness (QED) is 0.288. The second kappa shape index (κ2) is 13.6. The van der Waals surface area contributed by atoms with Gasteiger partial charge < -0.3 is 15.2 Å². The zero-order valence-electron chi connectivity index (χ0n) is 19.9. The highest BCUT2D eigenvalue weighted by atomic mass is 35.5. The third kappa shape index (κ3) is 7.38. The number of anilines is 1. The van der Waals surface area contributed by atoms with Crippen LogP contribution < -0.4 is 10.6 Å². The van der Waals surface area contributed by atoms with Crippen LogP contribution in [0.1, 0.15) is 54.1 Å². The lowest BCUT2D eigenvalue weighted by molar-refractivity contribution is 0.471. The molecule has 0 radical (unpaired) electrons. The van der Waals surface area contributed by atoms with E-state index in [0.29, 0.717) is 23.8 Å². The van der Waals surface area contributed by atoms with Gasteiger partial charge in [0.05, 0.1) is 34.4 Å².